The van der Waals surface area contributed by atoms with E-state index in [1.54, 1.807) is 5.51 Å². The summed E-state index contributed by atoms with van der Waals surface area (Å²) in [6, 6.07) is 0. The average molecular weight is 294 g/mol. The Hall–Kier alpha value is -0.940. The smallest absolute Gasteiger partial charge is 0.265 e. The molecule has 1 saturated heterocycles. The van der Waals surface area contributed by atoms with Crippen LogP contribution in [-0.4, -0.2) is 40.6 Å². The zero-order valence-electron chi connectivity index (χ0n) is 12.0. The molecule has 4 nitrogen and oxygen atoms in total. The van der Waals surface area contributed by atoms with Gasteiger partial charge >= 0.3 is 0 Å². The van der Waals surface area contributed by atoms with Crippen molar-refractivity contribution in [3.05, 3.63) is 16.1 Å². The van der Waals surface area contributed by atoms with Gasteiger partial charge in [-0.15, -0.1) is 11.3 Å². The average Bonchev–Trinajstić information content (AvgIpc) is 3.24. The molecule has 5 heteroatoms. The van der Waals surface area contributed by atoms with Crippen LogP contribution >= 0.6 is 11.3 Å². The molecular formula is C15H22N2O2S. The number of aromatic nitrogens is 1. The first-order valence-corrected chi connectivity index (χ1v) is 8.40. The predicted octanol–water partition coefficient (Wildman–Crippen LogP) is 2.65. The van der Waals surface area contributed by atoms with E-state index in [9.17, 15) is 9.90 Å². The Balaban J connectivity index is 1.68. The molecule has 3 rings (SSSR count). The van der Waals surface area contributed by atoms with E-state index in [1.807, 2.05) is 4.90 Å². The molecule has 1 amide bonds. The lowest BCUT2D eigenvalue weighted by Crippen LogP contribution is -2.44. The summed E-state index contributed by atoms with van der Waals surface area (Å²) in [4.78, 5) is 19.8. The molecule has 0 unspecified atom stereocenters. The Kier molecular flexibility index (Phi) is 3.82. The lowest BCUT2D eigenvalue weighted by atomic mass is 9.77. The molecule has 0 atom stereocenters. The molecule has 0 radical (unpaired) electrons. The summed E-state index contributed by atoms with van der Waals surface area (Å²) in [6.45, 7) is 3.88. The Labute approximate surface area is 123 Å². The van der Waals surface area contributed by atoms with Gasteiger partial charge in [0.25, 0.3) is 5.91 Å². The van der Waals surface area contributed by atoms with Gasteiger partial charge in [-0.05, 0) is 37.5 Å². The molecule has 2 heterocycles. The van der Waals surface area contributed by atoms with Crippen molar-refractivity contribution in [2.24, 2.45) is 5.41 Å². The second-order valence-electron chi connectivity index (χ2n) is 6.14. The van der Waals surface area contributed by atoms with E-state index in [1.165, 1.54) is 24.2 Å². The van der Waals surface area contributed by atoms with Crippen LogP contribution in [0.15, 0.2) is 5.51 Å². The van der Waals surface area contributed by atoms with Crippen LogP contribution < -0.4 is 0 Å². The number of aliphatic hydroxyl groups excluding tert-OH is 1. The fourth-order valence-electron chi connectivity index (χ4n) is 3.01. The number of rotatable bonds is 4. The Morgan fingerprint density at radius 3 is 2.75 bits per heavy atom. The van der Waals surface area contributed by atoms with Gasteiger partial charge in [-0.3, -0.25) is 4.79 Å². The van der Waals surface area contributed by atoms with E-state index < -0.39 is 0 Å². The van der Waals surface area contributed by atoms with Crippen LogP contribution in [0.25, 0.3) is 0 Å². The summed E-state index contributed by atoms with van der Waals surface area (Å²) in [7, 11) is 0. The van der Waals surface area contributed by atoms with Gasteiger partial charge < -0.3 is 10.0 Å². The van der Waals surface area contributed by atoms with Gasteiger partial charge in [0, 0.05) is 25.6 Å². The number of piperidine rings is 1. The minimum atomic E-state index is 0.0315. The zero-order valence-corrected chi connectivity index (χ0v) is 12.8. The number of hydrogen-bond acceptors (Lipinski definition) is 4. The number of hydrogen-bond donors (Lipinski definition) is 1. The van der Waals surface area contributed by atoms with Gasteiger partial charge in [0.2, 0.25) is 0 Å². The molecule has 1 aliphatic carbocycles. The molecule has 1 saturated carbocycles. The van der Waals surface area contributed by atoms with Crippen molar-refractivity contribution in [2.45, 2.75) is 44.9 Å². The van der Waals surface area contributed by atoms with Gasteiger partial charge in [0.15, 0.2) is 0 Å². The monoisotopic (exact) mass is 294 g/mol. The quantitative estimate of drug-likeness (QED) is 0.929. The van der Waals surface area contributed by atoms with E-state index in [0.29, 0.717) is 5.92 Å². The van der Waals surface area contributed by atoms with Crippen molar-refractivity contribution in [1.29, 1.82) is 0 Å². The minimum Gasteiger partial charge on any atom is -0.396 e. The maximum Gasteiger partial charge on any atom is 0.265 e. The normalized spacial score (nSPS) is 22.0. The van der Waals surface area contributed by atoms with Crippen molar-refractivity contribution in [2.75, 3.05) is 19.7 Å². The van der Waals surface area contributed by atoms with Crippen molar-refractivity contribution in [1.82, 2.24) is 9.88 Å². The second-order valence-corrected chi connectivity index (χ2v) is 7.00. The summed E-state index contributed by atoms with van der Waals surface area (Å²) < 4.78 is 0. The number of carbonyl (C=O) groups is 1. The van der Waals surface area contributed by atoms with Crippen molar-refractivity contribution in [3.8, 4) is 0 Å². The van der Waals surface area contributed by atoms with Crippen LogP contribution in [-0.2, 0) is 0 Å². The van der Waals surface area contributed by atoms with E-state index in [0.717, 1.165) is 42.9 Å². The molecule has 0 bridgehead atoms. The molecule has 2 aliphatic rings. The Morgan fingerprint density at radius 1 is 1.50 bits per heavy atom. The molecule has 20 heavy (non-hydrogen) atoms. The Morgan fingerprint density at radius 2 is 2.20 bits per heavy atom. The zero-order chi connectivity index (χ0) is 14.2. The van der Waals surface area contributed by atoms with Crippen molar-refractivity contribution >= 4 is 17.2 Å². The molecule has 110 valence electrons. The van der Waals surface area contributed by atoms with E-state index in [-0.39, 0.29) is 17.9 Å². The summed E-state index contributed by atoms with van der Waals surface area (Å²) in [5, 5.41) is 9.56. The fourth-order valence-corrected chi connectivity index (χ4v) is 3.86. The SMILES string of the molecule is CCC1(CO)CCN(C(=O)c2scnc2C2CC2)CC1. The number of carbonyl (C=O) groups excluding carboxylic acids is 1. The van der Waals surface area contributed by atoms with Crippen LogP contribution in [0.3, 0.4) is 0 Å². The van der Waals surface area contributed by atoms with E-state index >= 15 is 0 Å². The van der Waals surface area contributed by atoms with Gasteiger partial charge in [-0.25, -0.2) is 4.98 Å². The van der Waals surface area contributed by atoms with Crippen LogP contribution in [0.5, 0.6) is 0 Å². The molecule has 1 aromatic rings. The van der Waals surface area contributed by atoms with Crippen LogP contribution in [0.4, 0.5) is 0 Å². The molecule has 1 N–H and O–H groups in total. The molecule has 2 fully saturated rings. The highest BCUT2D eigenvalue weighted by Crippen LogP contribution is 2.42. The van der Waals surface area contributed by atoms with Gasteiger partial charge in [0.05, 0.1) is 11.2 Å². The van der Waals surface area contributed by atoms with Gasteiger partial charge in [-0.2, -0.15) is 0 Å². The predicted molar refractivity (Wildman–Crippen MR) is 79.0 cm³/mol. The van der Waals surface area contributed by atoms with Gasteiger partial charge in [-0.1, -0.05) is 6.92 Å². The summed E-state index contributed by atoms with van der Waals surface area (Å²) in [5.74, 6) is 0.675. The van der Waals surface area contributed by atoms with E-state index in [4.69, 9.17) is 0 Å². The van der Waals surface area contributed by atoms with Crippen LogP contribution in [0.1, 0.15) is 60.3 Å². The molecule has 0 spiro atoms. The van der Waals surface area contributed by atoms with Crippen LogP contribution in [0, 0.1) is 5.41 Å². The van der Waals surface area contributed by atoms with Gasteiger partial charge in [0.1, 0.15) is 4.88 Å². The lowest BCUT2D eigenvalue weighted by Gasteiger charge is -2.40. The lowest BCUT2D eigenvalue weighted by molar-refractivity contribution is 0.0340. The first-order chi connectivity index (χ1) is 9.69. The van der Waals surface area contributed by atoms with Crippen LogP contribution in [0.2, 0.25) is 0 Å². The third-order valence-corrected chi connectivity index (χ3v) is 5.78. The highest BCUT2D eigenvalue weighted by molar-refractivity contribution is 7.11. The third kappa shape index (κ3) is 2.49. The summed E-state index contributed by atoms with van der Waals surface area (Å²) >= 11 is 1.48. The second kappa shape index (κ2) is 5.45. The summed E-state index contributed by atoms with van der Waals surface area (Å²) in [6.07, 6.45) is 5.15. The number of thiazole rings is 1. The maximum absolute atomic E-state index is 12.6. The third-order valence-electron chi connectivity index (χ3n) is 4.95. The number of likely N-dealkylation sites (tertiary alicyclic amines) is 1. The molecule has 1 aromatic heterocycles. The number of nitrogens with zero attached hydrogens (tertiary/aromatic N) is 2. The highest BCUT2D eigenvalue weighted by Gasteiger charge is 2.36. The molecular weight excluding hydrogens is 272 g/mol. The maximum atomic E-state index is 12.6. The topological polar surface area (TPSA) is 53.4 Å². The van der Waals surface area contributed by atoms with Crippen molar-refractivity contribution < 1.29 is 9.90 Å². The Bertz CT molecular complexity index is 482. The highest BCUT2D eigenvalue weighted by atomic mass is 32.1. The first kappa shape index (κ1) is 14.0. The standard InChI is InChI=1S/C15H22N2O2S/c1-2-15(9-18)5-7-17(8-6-15)14(19)13-12(11-3-4-11)16-10-20-13/h10-11,18H,2-9H2,1H3. The molecule has 0 aromatic carbocycles. The van der Waals surface area contributed by atoms with E-state index in [2.05, 4.69) is 11.9 Å². The number of aliphatic hydroxyl groups is 1. The minimum absolute atomic E-state index is 0.0315. The van der Waals surface area contributed by atoms with Crippen molar-refractivity contribution in [3.63, 3.8) is 0 Å². The largest absolute Gasteiger partial charge is 0.396 e. The molecule has 1 aliphatic heterocycles. The summed E-state index contributed by atoms with van der Waals surface area (Å²) in [5.41, 5.74) is 2.85. The number of amides is 1. The fraction of sp³-hybridized carbons (Fsp3) is 0.733. The first-order valence-electron chi connectivity index (χ1n) is 7.52.